The molecule has 260 valence electrons. The number of aromatic nitrogens is 4. The van der Waals surface area contributed by atoms with Crippen LogP contribution in [0.2, 0.25) is 0 Å². The number of rotatable bonds is 4. The lowest BCUT2D eigenvalue weighted by atomic mass is 9.99. The summed E-state index contributed by atoms with van der Waals surface area (Å²) in [5.74, 6) is 1.84. The van der Waals surface area contributed by atoms with Crippen molar-refractivity contribution in [1.29, 1.82) is 0 Å². The molecular formula is C51H30N4O. The second-order valence-electron chi connectivity index (χ2n) is 14.4. The molecule has 0 saturated carbocycles. The average molecular weight is 715 g/mol. The molecule has 0 aliphatic rings. The Hall–Kier alpha value is -7.63. The fraction of sp³-hybridized carbons (Fsp3) is 0. The molecule has 3 heterocycles. The fourth-order valence-electron chi connectivity index (χ4n) is 8.54. The largest absolute Gasteiger partial charge is 0.456 e. The van der Waals surface area contributed by atoms with E-state index in [1.54, 1.807) is 0 Å². The molecule has 0 aliphatic carbocycles. The number of furan rings is 1. The predicted octanol–water partition coefficient (Wildman–Crippen LogP) is 13.3. The zero-order valence-corrected chi connectivity index (χ0v) is 30.0. The standard InChI is InChI=1S/C51H30N4O/c1-3-12-32(13-4-1)49-52-50(33-14-5-2-6-15-33)54-51(53-49)39-20-11-21-45-47(39)48-40-30-38(24-22-31(40)23-25-46(48)56-45)55-43-28-36-18-9-7-16-34(36)26-41(43)42-27-35-17-8-10-19-37(35)29-44(42)55/h1-30H. The topological polar surface area (TPSA) is 56.7 Å². The van der Waals surface area contributed by atoms with Gasteiger partial charge in [0.05, 0.1) is 11.0 Å². The lowest BCUT2D eigenvalue weighted by Gasteiger charge is -2.12. The molecule has 9 aromatic carbocycles. The van der Waals surface area contributed by atoms with Crippen molar-refractivity contribution in [3.8, 4) is 39.9 Å². The van der Waals surface area contributed by atoms with Gasteiger partial charge in [-0.25, -0.2) is 15.0 Å². The number of hydrogen-bond donors (Lipinski definition) is 0. The molecule has 56 heavy (non-hydrogen) atoms. The SMILES string of the molecule is c1ccc(-c2nc(-c3ccccc3)nc(-c3cccc4oc5ccc6ccc(-n7c8cc9ccccc9cc8c8cc9ccccc9cc87)cc6c5c34)n2)cc1. The molecular weight excluding hydrogens is 685 g/mol. The summed E-state index contributed by atoms with van der Waals surface area (Å²) >= 11 is 0. The van der Waals surface area contributed by atoms with Crippen LogP contribution in [0.5, 0.6) is 0 Å². The minimum Gasteiger partial charge on any atom is -0.456 e. The van der Waals surface area contributed by atoms with Gasteiger partial charge in [0.15, 0.2) is 17.5 Å². The molecule has 0 unspecified atom stereocenters. The summed E-state index contributed by atoms with van der Waals surface area (Å²) in [4.78, 5) is 15.2. The Labute approximate surface area is 320 Å². The molecule has 0 N–H and O–H groups in total. The van der Waals surface area contributed by atoms with Gasteiger partial charge < -0.3 is 8.98 Å². The molecule has 12 rings (SSSR count). The molecule has 0 bridgehead atoms. The third kappa shape index (κ3) is 4.71. The van der Waals surface area contributed by atoms with E-state index in [0.29, 0.717) is 17.5 Å². The quantitative estimate of drug-likeness (QED) is 0.182. The van der Waals surface area contributed by atoms with E-state index in [9.17, 15) is 0 Å². The van der Waals surface area contributed by atoms with Crippen molar-refractivity contribution in [3.05, 3.63) is 182 Å². The van der Waals surface area contributed by atoms with Crippen LogP contribution < -0.4 is 0 Å². The zero-order valence-electron chi connectivity index (χ0n) is 30.0. The molecule has 5 heteroatoms. The third-order valence-corrected chi connectivity index (χ3v) is 11.2. The predicted molar refractivity (Wildman–Crippen MR) is 230 cm³/mol. The Morgan fingerprint density at radius 2 is 0.875 bits per heavy atom. The molecule has 3 aromatic heterocycles. The van der Waals surface area contributed by atoms with Crippen molar-refractivity contribution in [3.63, 3.8) is 0 Å². The van der Waals surface area contributed by atoms with Crippen LogP contribution in [0.3, 0.4) is 0 Å². The van der Waals surface area contributed by atoms with E-state index in [0.717, 1.165) is 55.1 Å². The minimum absolute atomic E-state index is 0.598. The maximum atomic E-state index is 6.64. The number of fused-ring (bicyclic) bond motifs is 10. The number of benzene rings is 9. The van der Waals surface area contributed by atoms with Crippen molar-refractivity contribution in [2.45, 2.75) is 0 Å². The molecule has 0 aliphatic heterocycles. The van der Waals surface area contributed by atoms with E-state index < -0.39 is 0 Å². The first-order chi connectivity index (χ1) is 27.7. The van der Waals surface area contributed by atoms with Crippen molar-refractivity contribution >= 4 is 76.1 Å². The average Bonchev–Trinajstić information content (AvgIpc) is 3.80. The molecule has 5 nitrogen and oxygen atoms in total. The summed E-state index contributed by atoms with van der Waals surface area (Å²) in [5.41, 5.74) is 7.78. The lowest BCUT2D eigenvalue weighted by Crippen LogP contribution is -2.00. The Balaban J connectivity index is 1.15. The van der Waals surface area contributed by atoms with Gasteiger partial charge in [0, 0.05) is 43.9 Å². The fourth-order valence-corrected chi connectivity index (χ4v) is 8.54. The second kappa shape index (κ2) is 11.9. The van der Waals surface area contributed by atoms with Crippen molar-refractivity contribution in [1.82, 2.24) is 19.5 Å². The first-order valence-electron chi connectivity index (χ1n) is 18.8. The summed E-state index contributed by atoms with van der Waals surface area (Å²) < 4.78 is 9.07. The van der Waals surface area contributed by atoms with Crippen LogP contribution in [-0.4, -0.2) is 19.5 Å². The molecule has 0 fully saturated rings. The summed E-state index contributed by atoms with van der Waals surface area (Å²) in [7, 11) is 0. The highest BCUT2D eigenvalue weighted by Gasteiger charge is 2.21. The highest BCUT2D eigenvalue weighted by molar-refractivity contribution is 6.23. The normalized spacial score (nSPS) is 11.9. The maximum Gasteiger partial charge on any atom is 0.164 e. The van der Waals surface area contributed by atoms with E-state index >= 15 is 0 Å². The Bertz CT molecular complexity index is 3380. The van der Waals surface area contributed by atoms with Crippen molar-refractivity contribution in [2.75, 3.05) is 0 Å². The highest BCUT2D eigenvalue weighted by Crippen LogP contribution is 2.42. The van der Waals surface area contributed by atoms with E-state index in [2.05, 4.69) is 114 Å². The Morgan fingerprint density at radius 1 is 0.357 bits per heavy atom. The summed E-state index contributed by atoms with van der Waals surface area (Å²) in [6, 6.07) is 64.0. The Morgan fingerprint density at radius 3 is 1.48 bits per heavy atom. The van der Waals surface area contributed by atoms with Gasteiger partial charge in [-0.3, -0.25) is 0 Å². The highest BCUT2D eigenvalue weighted by atomic mass is 16.3. The van der Waals surface area contributed by atoms with Gasteiger partial charge in [-0.05, 0) is 80.8 Å². The van der Waals surface area contributed by atoms with Crippen LogP contribution in [0.15, 0.2) is 186 Å². The third-order valence-electron chi connectivity index (χ3n) is 11.2. The minimum atomic E-state index is 0.598. The van der Waals surface area contributed by atoms with Crippen LogP contribution in [0.25, 0.3) is 116 Å². The monoisotopic (exact) mass is 714 g/mol. The van der Waals surface area contributed by atoms with Gasteiger partial charge in [0.25, 0.3) is 0 Å². The molecule has 12 aromatic rings. The molecule has 0 amide bonds. The van der Waals surface area contributed by atoms with Gasteiger partial charge >= 0.3 is 0 Å². The van der Waals surface area contributed by atoms with Crippen LogP contribution in [0.4, 0.5) is 0 Å². The number of nitrogens with zero attached hydrogens (tertiary/aromatic N) is 4. The van der Waals surface area contributed by atoms with Crippen molar-refractivity contribution < 1.29 is 4.42 Å². The molecule has 0 saturated heterocycles. The van der Waals surface area contributed by atoms with Gasteiger partial charge in [-0.15, -0.1) is 0 Å². The second-order valence-corrected chi connectivity index (χ2v) is 14.4. The van der Waals surface area contributed by atoms with E-state index in [1.165, 1.54) is 43.4 Å². The van der Waals surface area contributed by atoms with Crippen molar-refractivity contribution in [2.24, 2.45) is 0 Å². The lowest BCUT2D eigenvalue weighted by molar-refractivity contribution is 0.669. The molecule has 0 spiro atoms. The van der Waals surface area contributed by atoms with Gasteiger partial charge in [0.1, 0.15) is 11.2 Å². The number of hydrogen-bond acceptors (Lipinski definition) is 4. The summed E-state index contributed by atoms with van der Waals surface area (Å²) in [6.45, 7) is 0. The Kier molecular flexibility index (Phi) is 6.56. The molecule has 0 radical (unpaired) electrons. The van der Waals surface area contributed by atoms with E-state index in [4.69, 9.17) is 19.4 Å². The van der Waals surface area contributed by atoms with Gasteiger partial charge in [-0.2, -0.15) is 0 Å². The smallest absolute Gasteiger partial charge is 0.164 e. The van der Waals surface area contributed by atoms with E-state index in [1.807, 2.05) is 72.8 Å². The summed E-state index contributed by atoms with van der Waals surface area (Å²) in [6.07, 6.45) is 0. The van der Waals surface area contributed by atoms with Crippen LogP contribution in [0.1, 0.15) is 0 Å². The zero-order chi connectivity index (χ0) is 36.7. The van der Waals surface area contributed by atoms with Crippen LogP contribution in [-0.2, 0) is 0 Å². The van der Waals surface area contributed by atoms with Crippen LogP contribution in [0, 0.1) is 0 Å². The van der Waals surface area contributed by atoms with E-state index in [-0.39, 0.29) is 0 Å². The van der Waals surface area contributed by atoms with Gasteiger partial charge in [0.2, 0.25) is 0 Å². The van der Waals surface area contributed by atoms with Crippen LogP contribution >= 0.6 is 0 Å². The van der Waals surface area contributed by atoms with Gasteiger partial charge in [-0.1, -0.05) is 133 Å². The summed E-state index contributed by atoms with van der Waals surface area (Å²) in [5, 5.41) is 11.6. The first-order valence-corrected chi connectivity index (χ1v) is 18.8. The first kappa shape index (κ1) is 30.8. The molecule has 0 atom stereocenters. The maximum absolute atomic E-state index is 6.64.